The highest BCUT2D eigenvalue weighted by atomic mass is 16.1. The van der Waals surface area contributed by atoms with Crippen LogP contribution in [-0.4, -0.2) is 12.5 Å². The van der Waals surface area contributed by atoms with E-state index < -0.39 is 0 Å². The number of nitrogens with two attached hydrogens (primary N) is 1. The predicted molar refractivity (Wildman–Crippen MR) is 65.3 cm³/mol. The van der Waals surface area contributed by atoms with E-state index in [4.69, 9.17) is 5.73 Å². The van der Waals surface area contributed by atoms with Crippen molar-refractivity contribution in [2.45, 2.75) is 26.2 Å². The second-order valence-corrected chi connectivity index (χ2v) is 4.37. The molecule has 16 heavy (non-hydrogen) atoms. The van der Waals surface area contributed by atoms with E-state index in [2.05, 4.69) is 24.4 Å². The Hall–Kier alpha value is -1.35. The first-order chi connectivity index (χ1) is 7.74. The first kappa shape index (κ1) is 11.1. The Morgan fingerprint density at radius 2 is 2.31 bits per heavy atom. The quantitative estimate of drug-likeness (QED) is 0.811. The molecule has 1 aromatic rings. The molecular weight excluding hydrogens is 200 g/mol. The summed E-state index contributed by atoms with van der Waals surface area (Å²) in [7, 11) is 0. The third kappa shape index (κ3) is 2.09. The highest BCUT2D eigenvalue weighted by molar-refractivity contribution is 5.95. The van der Waals surface area contributed by atoms with Crippen molar-refractivity contribution in [3.8, 4) is 0 Å². The molecule has 0 fully saturated rings. The van der Waals surface area contributed by atoms with Crippen LogP contribution in [0.2, 0.25) is 0 Å². The molecule has 3 N–H and O–H groups in total. The van der Waals surface area contributed by atoms with Crippen molar-refractivity contribution in [1.29, 1.82) is 0 Å². The van der Waals surface area contributed by atoms with Crippen LogP contribution in [0.25, 0.3) is 0 Å². The van der Waals surface area contributed by atoms with Crippen molar-refractivity contribution in [3.05, 3.63) is 29.3 Å². The minimum absolute atomic E-state index is 0.0539. The van der Waals surface area contributed by atoms with Crippen LogP contribution in [0.3, 0.4) is 0 Å². The summed E-state index contributed by atoms with van der Waals surface area (Å²) in [5.41, 5.74) is 9.10. The fourth-order valence-electron chi connectivity index (χ4n) is 2.17. The number of fused-ring (bicyclic) bond motifs is 1. The van der Waals surface area contributed by atoms with Gasteiger partial charge in [0.1, 0.15) is 0 Å². The number of anilines is 1. The molecule has 0 radical (unpaired) electrons. The maximum absolute atomic E-state index is 11.6. The van der Waals surface area contributed by atoms with Gasteiger partial charge in [-0.25, -0.2) is 0 Å². The van der Waals surface area contributed by atoms with Gasteiger partial charge in [0.05, 0.1) is 5.92 Å². The minimum atomic E-state index is -0.0654. The van der Waals surface area contributed by atoms with E-state index in [0.29, 0.717) is 6.54 Å². The summed E-state index contributed by atoms with van der Waals surface area (Å²) >= 11 is 0. The van der Waals surface area contributed by atoms with E-state index in [-0.39, 0.29) is 11.8 Å². The van der Waals surface area contributed by atoms with Crippen LogP contribution in [0, 0.1) is 5.92 Å². The second-order valence-electron chi connectivity index (χ2n) is 4.37. The van der Waals surface area contributed by atoms with Gasteiger partial charge in [0, 0.05) is 12.2 Å². The van der Waals surface area contributed by atoms with Crippen LogP contribution in [0.1, 0.15) is 24.5 Å². The summed E-state index contributed by atoms with van der Waals surface area (Å²) in [6.07, 6.45) is 3.01. The van der Waals surface area contributed by atoms with E-state index in [9.17, 15) is 4.79 Å². The van der Waals surface area contributed by atoms with Crippen molar-refractivity contribution in [3.63, 3.8) is 0 Å². The van der Waals surface area contributed by atoms with E-state index in [1.54, 1.807) is 0 Å². The SMILES string of the molecule is CCCc1ccc2c(c1)CC(CN)C(=O)N2. The van der Waals surface area contributed by atoms with Gasteiger partial charge in [-0.15, -0.1) is 0 Å². The van der Waals surface area contributed by atoms with Gasteiger partial charge >= 0.3 is 0 Å². The zero-order valence-electron chi connectivity index (χ0n) is 9.62. The molecule has 0 saturated heterocycles. The highest BCUT2D eigenvalue weighted by Gasteiger charge is 2.24. The van der Waals surface area contributed by atoms with E-state index in [0.717, 1.165) is 24.9 Å². The summed E-state index contributed by atoms with van der Waals surface area (Å²) in [5.74, 6) is -0.0115. The van der Waals surface area contributed by atoms with Gasteiger partial charge in [-0.3, -0.25) is 4.79 Å². The Labute approximate surface area is 96.0 Å². The first-order valence-electron chi connectivity index (χ1n) is 5.87. The smallest absolute Gasteiger partial charge is 0.229 e. The first-order valence-corrected chi connectivity index (χ1v) is 5.87. The Morgan fingerprint density at radius 3 is 3.00 bits per heavy atom. The third-order valence-electron chi connectivity index (χ3n) is 3.09. The van der Waals surface area contributed by atoms with Crippen molar-refractivity contribution in [2.24, 2.45) is 11.7 Å². The van der Waals surface area contributed by atoms with Gasteiger partial charge in [0.25, 0.3) is 0 Å². The van der Waals surface area contributed by atoms with Crippen LogP contribution in [0.5, 0.6) is 0 Å². The maximum Gasteiger partial charge on any atom is 0.229 e. The van der Waals surface area contributed by atoms with Crippen LogP contribution in [0.15, 0.2) is 18.2 Å². The average molecular weight is 218 g/mol. The number of hydrogen-bond acceptors (Lipinski definition) is 2. The molecule has 1 aromatic carbocycles. The van der Waals surface area contributed by atoms with Gasteiger partial charge < -0.3 is 11.1 Å². The van der Waals surface area contributed by atoms with Crippen LogP contribution in [-0.2, 0) is 17.6 Å². The zero-order valence-corrected chi connectivity index (χ0v) is 9.62. The number of nitrogens with one attached hydrogen (secondary N) is 1. The lowest BCUT2D eigenvalue weighted by Gasteiger charge is -2.24. The average Bonchev–Trinajstić information content (AvgIpc) is 2.29. The van der Waals surface area contributed by atoms with Gasteiger partial charge in [-0.05, 0) is 30.0 Å². The monoisotopic (exact) mass is 218 g/mol. The van der Waals surface area contributed by atoms with Crippen LogP contribution >= 0.6 is 0 Å². The summed E-state index contributed by atoms with van der Waals surface area (Å²) in [4.78, 5) is 11.6. The number of rotatable bonds is 3. The molecule has 0 spiro atoms. The molecule has 1 atom stereocenters. The molecule has 1 heterocycles. The van der Waals surface area contributed by atoms with E-state index in [1.807, 2.05) is 6.07 Å². The molecule has 0 bridgehead atoms. The Morgan fingerprint density at radius 1 is 1.50 bits per heavy atom. The van der Waals surface area contributed by atoms with E-state index >= 15 is 0 Å². The lowest BCUT2D eigenvalue weighted by atomic mass is 9.91. The largest absolute Gasteiger partial charge is 0.330 e. The molecule has 0 aromatic heterocycles. The Kier molecular flexibility index (Phi) is 3.25. The molecule has 2 rings (SSSR count). The lowest BCUT2D eigenvalue weighted by Crippen LogP contribution is -2.34. The fraction of sp³-hybridized carbons (Fsp3) is 0.462. The topological polar surface area (TPSA) is 55.1 Å². The minimum Gasteiger partial charge on any atom is -0.330 e. The number of benzene rings is 1. The molecule has 3 nitrogen and oxygen atoms in total. The van der Waals surface area contributed by atoms with Gasteiger partial charge in [-0.2, -0.15) is 0 Å². The number of hydrogen-bond donors (Lipinski definition) is 2. The molecular formula is C13H18N2O. The fourth-order valence-corrected chi connectivity index (χ4v) is 2.17. The normalized spacial score (nSPS) is 19.1. The summed E-state index contributed by atoms with van der Waals surface area (Å²) in [5, 5.41) is 2.91. The highest BCUT2D eigenvalue weighted by Crippen LogP contribution is 2.26. The molecule has 86 valence electrons. The van der Waals surface area contributed by atoms with Gasteiger partial charge in [-0.1, -0.05) is 25.5 Å². The molecule has 0 saturated carbocycles. The third-order valence-corrected chi connectivity index (χ3v) is 3.09. The number of carbonyl (C=O) groups excluding carboxylic acids is 1. The summed E-state index contributed by atoms with van der Waals surface area (Å²) < 4.78 is 0. The van der Waals surface area contributed by atoms with Crippen molar-refractivity contribution in [1.82, 2.24) is 0 Å². The Bertz CT molecular complexity index is 401. The van der Waals surface area contributed by atoms with Crippen LogP contribution < -0.4 is 11.1 Å². The molecule has 1 aliphatic heterocycles. The second kappa shape index (κ2) is 4.66. The molecule has 1 unspecified atom stereocenters. The van der Waals surface area contributed by atoms with Crippen LogP contribution in [0.4, 0.5) is 5.69 Å². The molecule has 3 heteroatoms. The van der Waals surface area contributed by atoms with Crippen molar-refractivity contribution in [2.75, 3.05) is 11.9 Å². The van der Waals surface area contributed by atoms with E-state index in [1.165, 1.54) is 11.1 Å². The van der Waals surface area contributed by atoms with Gasteiger partial charge in [0.2, 0.25) is 5.91 Å². The standard InChI is InChI=1S/C13H18N2O/c1-2-3-9-4-5-12-10(6-9)7-11(8-14)13(16)15-12/h4-6,11H,2-3,7-8,14H2,1H3,(H,15,16). The molecule has 1 amide bonds. The predicted octanol–water partition coefficient (Wildman–Crippen LogP) is 1.71. The number of aryl methyl sites for hydroxylation is 1. The maximum atomic E-state index is 11.6. The molecule has 0 aliphatic carbocycles. The summed E-state index contributed by atoms with van der Waals surface area (Å²) in [6, 6.07) is 6.29. The molecule has 1 aliphatic rings. The van der Waals surface area contributed by atoms with Crippen molar-refractivity contribution >= 4 is 11.6 Å². The number of amides is 1. The zero-order chi connectivity index (χ0) is 11.5. The van der Waals surface area contributed by atoms with Crippen molar-refractivity contribution < 1.29 is 4.79 Å². The van der Waals surface area contributed by atoms with Gasteiger partial charge in [0.15, 0.2) is 0 Å². The summed E-state index contributed by atoms with van der Waals surface area (Å²) in [6.45, 7) is 2.59. The number of carbonyl (C=O) groups is 1. The lowest BCUT2D eigenvalue weighted by molar-refractivity contribution is -0.119. The Balaban J connectivity index is 2.26.